The van der Waals surface area contributed by atoms with Crippen LogP contribution in [-0.2, 0) is 6.54 Å². The van der Waals surface area contributed by atoms with Crippen molar-refractivity contribution in [3.8, 4) is 0 Å². The molecule has 1 aliphatic rings. The van der Waals surface area contributed by atoms with Crippen molar-refractivity contribution >= 4 is 0 Å². The van der Waals surface area contributed by atoms with E-state index in [2.05, 4.69) is 17.2 Å². The summed E-state index contributed by atoms with van der Waals surface area (Å²) in [5.41, 5.74) is 0.919. The van der Waals surface area contributed by atoms with Crippen LogP contribution in [0.3, 0.4) is 0 Å². The molecular formula is C14H23N3O. The SMILES string of the molecule is CCNC1CCCC1CCn1cc(C)cnc1=O. The predicted molar refractivity (Wildman–Crippen MR) is 72.7 cm³/mol. The van der Waals surface area contributed by atoms with Gasteiger partial charge < -0.3 is 5.32 Å². The molecule has 1 aliphatic carbocycles. The Kier molecular flexibility index (Phi) is 4.53. The standard InChI is InChI=1S/C14H23N3O/c1-3-15-13-6-4-5-12(13)7-8-17-10-11(2)9-16-14(17)18/h9-10,12-13,15H,3-8H2,1-2H3. The molecule has 1 saturated carbocycles. The van der Waals surface area contributed by atoms with Gasteiger partial charge in [0, 0.05) is 25.0 Å². The Morgan fingerprint density at radius 3 is 3.11 bits per heavy atom. The Morgan fingerprint density at radius 2 is 2.33 bits per heavy atom. The van der Waals surface area contributed by atoms with Crippen molar-refractivity contribution in [1.29, 1.82) is 0 Å². The second kappa shape index (κ2) is 6.14. The van der Waals surface area contributed by atoms with Crippen molar-refractivity contribution < 1.29 is 0 Å². The van der Waals surface area contributed by atoms with Gasteiger partial charge in [-0.15, -0.1) is 0 Å². The number of nitrogens with zero attached hydrogens (tertiary/aromatic N) is 2. The highest BCUT2D eigenvalue weighted by molar-refractivity contribution is 4.99. The first-order chi connectivity index (χ1) is 8.70. The minimum absolute atomic E-state index is 0.126. The lowest BCUT2D eigenvalue weighted by Gasteiger charge is -2.20. The highest BCUT2D eigenvalue weighted by atomic mass is 16.1. The van der Waals surface area contributed by atoms with Crippen molar-refractivity contribution in [1.82, 2.24) is 14.9 Å². The van der Waals surface area contributed by atoms with Crippen molar-refractivity contribution in [3.63, 3.8) is 0 Å². The fraction of sp³-hybridized carbons (Fsp3) is 0.714. The second-order valence-corrected chi connectivity index (χ2v) is 5.25. The van der Waals surface area contributed by atoms with E-state index in [9.17, 15) is 4.79 Å². The van der Waals surface area contributed by atoms with E-state index >= 15 is 0 Å². The molecule has 1 aromatic heterocycles. The summed E-state index contributed by atoms with van der Waals surface area (Å²) in [6.07, 6.45) is 8.49. The molecule has 1 fully saturated rings. The predicted octanol–water partition coefficient (Wildman–Crippen LogP) is 1.72. The van der Waals surface area contributed by atoms with Crippen LogP contribution in [-0.4, -0.2) is 22.1 Å². The maximum Gasteiger partial charge on any atom is 0.347 e. The van der Waals surface area contributed by atoms with Crippen molar-refractivity contribution in [3.05, 3.63) is 28.4 Å². The van der Waals surface area contributed by atoms with Crippen molar-refractivity contribution in [2.45, 2.75) is 52.1 Å². The molecule has 18 heavy (non-hydrogen) atoms. The lowest BCUT2D eigenvalue weighted by atomic mass is 9.99. The molecule has 0 bridgehead atoms. The molecule has 0 saturated heterocycles. The summed E-state index contributed by atoms with van der Waals surface area (Å²) in [5.74, 6) is 0.706. The van der Waals surface area contributed by atoms with Crippen LogP contribution in [0.15, 0.2) is 17.2 Å². The molecule has 4 heteroatoms. The van der Waals surface area contributed by atoms with Crippen LogP contribution in [0.5, 0.6) is 0 Å². The van der Waals surface area contributed by atoms with Gasteiger partial charge in [-0.2, -0.15) is 0 Å². The van der Waals surface area contributed by atoms with Crippen LogP contribution < -0.4 is 11.0 Å². The molecule has 0 spiro atoms. The summed E-state index contributed by atoms with van der Waals surface area (Å²) in [7, 11) is 0. The third kappa shape index (κ3) is 3.19. The first-order valence-corrected chi connectivity index (χ1v) is 6.97. The third-order valence-electron chi connectivity index (χ3n) is 3.85. The summed E-state index contributed by atoms with van der Waals surface area (Å²) in [6, 6.07) is 0.642. The molecular weight excluding hydrogens is 226 g/mol. The smallest absolute Gasteiger partial charge is 0.314 e. The topological polar surface area (TPSA) is 46.9 Å². The van der Waals surface area contributed by atoms with Gasteiger partial charge in [0.05, 0.1) is 0 Å². The Balaban J connectivity index is 1.94. The maximum absolute atomic E-state index is 11.6. The molecule has 2 unspecified atom stereocenters. The molecule has 100 valence electrons. The molecule has 2 rings (SSSR count). The molecule has 0 radical (unpaired) electrons. The number of hydrogen-bond donors (Lipinski definition) is 1. The second-order valence-electron chi connectivity index (χ2n) is 5.25. The van der Waals surface area contributed by atoms with Gasteiger partial charge in [-0.1, -0.05) is 13.3 Å². The van der Waals surface area contributed by atoms with Crippen molar-refractivity contribution in [2.24, 2.45) is 5.92 Å². The van der Waals surface area contributed by atoms with Crippen LogP contribution in [0, 0.1) is 12.8 Å². The van der Waals surface area contributed by atoms with Gasteiger partial charge in [0.2, 0.25) is 0 Å². The lowest BCUT2D eigenvalue weighted by Crippen LogP contribution is -2.33. The van der Waals surface area contributed by atoms with Crippen molar-refractivity contribution in [2.75, 3.05) is 6.54 Å². The molecule has 0 aromatic carbocycles. The largest absolute Gasteiger partial charge is 0.347 e. The molecule has 1 heterocycles. The van der Waals surface area contributed by atoms with E-state index in [0.717, 1.165) is 25.1 Å². The third-order valence-corrected chi connectivity index (χ3v) is 3.85. The van der Waals surface area contributed by atoms with E-state index in [-0.39, 0.29) is 5.69 Å². The van der Waals surface area contributed by atoms with E-state index in [1.54, 1.807) is 10.8 Å². The highest BCUT2D eigenvalue weighted by Gasteiger charge is 2.25. The zero-order valence-electron chi connectivity index (χ0n) is 11.4. The van der Waals surface area contributed by atoms with E-state index < -0.39 is 0 Å². The molecule has 2 atom stereocenters. The normalized spacial score (nSPS) is 23.4. The Bertz CT molecular complexity index is 441. The fourth-order valence-electron chi connectivity index (χ4n) is 2.94. The Hall–Kier alpha value is -1.16. The van der Waals surface area contributed by atoms with E-state index in [4.69, 9.17) is 0 Å². The summed E-state index contributed by atoms with van der Waals surface area (Å²) in [5, 5.41) is 3.55. The minimum atomic E-state index is -0.126. The van der Waals surface area contributed by atoms with Gasteiger partial charge in [0.1, 0.15) is 0 Å². The summed E-state index contributed by atoms with van der Waals surface area (Å²) < 4.78 is 1.75. The van der Waals surface area contributed by atoms with E-state index in [1.807, 2.05) is 13.1 Å². The summed E-state index contributed by atoms with van der Waals surface area (Å²) in [6.45, 7) is 5.96. The van der Waals surface area contributed by atoms with Gasteiger partial charge in [-0.25, -0.2) is 9.78 Å². The van der Waals surface area contributed by atoms with Gasteiger partial charge >= 0.3 is 5.69 Å². The average molecular weight is 249 g/mol. The molecule has 0 amide bonds. The fourth-order valence-corrected chi connectivity index (χ4v) is 2.94. The molecule has 4 nitrogen and oxygen atoms in total. The number of nitrogens with one attached hydrogen (secondary N) is 1. The van der Waals surface area contributed by atoms with Crippen LogP contribution in [0.1, 0.15) is 38.2 Å². The maximum atomic E-state index is 11.6. The van der Waals surface area contributed by atoms with Crippen LogP contribution in [0.4, 0.5) is 0 Å². The van der Waals surface area contributed by atoms with Crippen LogP contribution >= 0.6 is 0 Å². The first kappa shape index (κ1) is 13.3. The van der Waals surface area contributed by atoms with Gasteiger partial charge in [-0.05, 0) is 44.2 Å². The molecule has 0 aliphatic heterocycles. The molecule has 1 N–H and O–H groups in total. The monoisotopic (exact) mass is 249 g/mol. The Labute approximate surface area is 108 Å². The number of hydrogen-bond acceptors (Lipinski definition) is 3. The first-order valence-electron chi connectivity index (χ1n) is 6.97. The zero-order chi connectivity index (χ0) is 13.0. The minimum Gasteiger partial charge on any atom is -0.314 e. The highest BCUT2D eigenvalue weighted by Crippen LogP contribution is 2.28. The van der Waals surface area contributed by atoms with Gasteiger partial charge in [-0.3, -0.25) is 4.57 Å². The van der Waals surface area contributed by atoms with Gasteiger partial charge in [0.15, 0.2) is 0 Å². The van der Waals surface area contributed by atoms with E-state index in [0.29, 0.717) is 12.0 Å². The van der Waals surface area contributed by atoms with E-state index in [1.165, 1.54) is 19.3 Å². The van der Waals surface area contributed by atoms with Crippen LogP contribution in [0.25, 0.3) is 0 Å². The van der Waals surface area contributed by atoms with Crippen LogP contribution in [0.2, 0.25) is 0 Å². The lowest BCUT2D eigenvalue weighted by molar-refractivity contribution is 0.363. The number of aryl methyl sites for hydroxylation is 2. The zero-order valence-corrected chi connectivity index (χ0v) is 11.4. The van der Waals surface area contributed by atoms with Gasteiger partial charge in [0.25, 0.3) is 0 Å². The number of aromatic nitrogens is 2. The molecule has 1 aromatic rings. The summed E-state index contributed by atoms with van der Waals surface area (Å²) in [4.78, 5) is 15.5. The Morgan fingerprint density at radius 1 is 1.50 bits per heavy atom. The quantitative estimate of drug-likeness (QED) is 0.864. The number of rotatable bonds is 5. The average Bonchev–Trinajstić information content (AvgIpc) is 2.78. The summed E-state index contributed by atoms with van der Waals surface area (Å²) >= 11 is 0.